The van der Waals surface area contributed by atoms with E-state index >= 15 is 0 Å². The van der Waals surface area contributed by atoms with Crippen molar-refractivity contribution in [3.8, 4) is 0 Å². The minimum Gasteiger partial charge on any atom is -0.312 e. The molecule has 0 radical (unpaired) electrons. The lowest BCUT2D eigenvalue weighted by Gasteiger charge is -2.44. The molecule has 3 rings (SSSR count). The Bertz CT molecular complexity index is 841. The van der Waals surface area contributed by atoms with Crippen molar-refractivity contribution < 1.29 is 8.42 Å². The molecule has 1 aliphatic heterocycles. The van der Waals surface area contributed by atoms with Gasteiger partial charge in [-0.25, -0.2) is 13.1 Å². The number of hydrogen-bond acceptors (Lipinski definition) is 5. The van der Waals surface area contributed by atoms with Crippen LogP contribution in [-0.4, -0.2) is 51.3 Å². The summed E-state index contributed by atoms with van der Waals surface area (Å²) in [6.45, 7) is 3.38. The van der Waals surface area contributed by atoms with Gasteiger partial charge in [-0.1, -0.05) is 37.1 Å². The predicted molar refractivity (Wildman–Crippen MR) is 120 cm³/mol. The van der Waals surface area contributed by atoms with E-state index in [9.17, 15) is 8.42 Å². The quantitative estimate of drug-likeness (QED) is 0.429. The fourth-order valence-corrected chi connectivity index (χ4v) is 6.03. The van der Waals surface area contributed by atoms with E-state index in [4.69, 9.17) is 22.0 Å². The highest BCUT2D eigenvalue weighted by molar-refractivity contribution is 7.89. The van der Waals surface area contributed by atoms with E-state index in [1.807, 2.05) is 19.1 Å². The van der Waals surface area contributed by atoms with Crippen molar-refractivity contribution in [2.75, 3.05) is 25.4 Å². The Morgan fingerprint density at radius 1 is 1.34 bits per heavy atom. The molecule has 2 aliphatic rings. The van der Waals surface area contributed by atoms with Crippen LogP contribution in [0.15, 0.2) is 29.3 Å². The molecule has 29 heavy (non-hydrogen) atoms. The lowest BCUT2D eigenvalue weighted by atomic mass is 9.71. The molecule has 1 aliphatic carbocycles. The van der Waals surface area contributed by atoms with Crippen molar-refractivity contribution >= 4 is 33.6 Å². The van der Waals surface area contributed by atoms with Crippen LogP contribution in [0.1, 0.15) is 50.5 Å². The van der Waals surface area contributed by atoms with Gasteiger partial charge < -0.3 is 10.7 Å². The summed E-state index contributed by atoms with van der Waals surface area (Å²) in [6, 6.07) is 8.04. The average Bonchev–Trinajstić information content (AvgIpc) is 3.10. The highest BCUT2D eigenvalue weighted by Gasteiger charge is 2.50. The number of rotatable bonds is 8. The molecular formula is C21H31ClN4O2S. The summed E-state index contributed by atoms with van der Waals surface area (Å²) in [5, 5.41) is 12.4. The highest BCUT2D eigenvalue weighted by Crippen LogP contribution is 2.46. The lowest BCUT2D eigenvalue weighted by molar-refractivity contribution is 0.356. The number of aliphatic imine (C=N–C) groups is 1. The van der Waals surface area contributed by atoms with Crippen molar-refractivity contribution in [3.63, 3.8) is 0 Å². The first-order valence-electron chi connectivity index (χ1n) is 10.4. The maximum atomic E-state index is 11.9. The Kier molecular flexibility index (Phi) is 7.48. The van der Waals surface area contributed by atoms with Gasteiger partial charge in [-0.15, -0.1) is 0 Å². The van der Waals surface area contributed by atoms with E-state index in [0.717, 1.165) is 43.0 Å². The Hall–Kier alpha value is -1.28. The molecule has 6 nitrogen and oxygen atoms in total. The molecule has 1 saturated heterocycles. The minimum absolute atomic E-state index is 0.00333. The summed E-state index contributed by atoms with van der Waals surface area (Å²) in [4.78, 5) is 4.88. The molecule has 8 heteroatoms. The zero-order valence-electron chi connectivity index (χ0n) is 17.0. The van der Waals surface area contributed by atoms with E-state index < -0.39 is 10.0 Å². The summed E-state index contributed by atoms with van der Waals surface area (Å²) in [5.74, 6) is 0.408. The Labute approximate surface area is 179 Å². The number of piperidine rings is 1. The van der Waals surface area contributed by atoms with E-state index in [1.54, 1.807) is 0 Å². The van der Waals surface area contributed by atoms with Crippen LogP contribution in [0, 0.1) is 11.3 Å². The van der Waals surface area contributed by atoms with Gasteiger partial charge in [0, 0.05) is 35.3 Å². The normalized spacial score (nSPS) is 28.8. The van der Waals surface area contributed by atoms with Gasteiger partial charge in [-0.05, 0) is 49.9 Å². The van der Waals surface area contributed by atoms with Crippen molar-refractivity contribution in [2.24, 2.45) is 10.9 Å². The second-order valence-corrected chi connectivity index (χ2v) is 10.3. The van der Waals surface area contributed by atoms with Gasteiger partial charge in [0.2, 0.25) is 10.0 Å². The molecule has 1 aromatic rings. The van der Waals surface area contributed by atoms with E-state index in [0.29, 0.717) is 13.0 Å². The summed E-state index contributed by atoms with van der Waals surface area (Å²) >= 11 is 6.09. The first kappa shape index (κ1) is 22.4. The summed E-state index contributed by atoms with van der Waals surface area (Å²) in [7, 11) is -3.23. The second kappa shape index (κ2) is 9.69. The van der Waals surface area contributed by atoms with Gasteiger partial charge in [-0.3, -0.25) is 4.99 Å². The van der Waals surface area contributed by atoms with Crippen LogP contribution < -0.4 is 10.0 Å². The number of halogens is 1. The smallest absolute Gasteiger partial charge is 0.211 e. The molecule has 1 aromatic carbocycles. The topological polar surface area (TPSA) is 94.4 Å². The molecule has 160 valence electrons. The Morgan fingerprint density at radius 3 is 2.79 bits per heavy atom. The van der Waals surface area contributed by atoms with Crippen molar-refractivity contribution in [3.05, 3.63) is 34.9 Å². The predicted octanol–water partition coefficient (Wildman–Crippen LogP) is 3.38. The first-order chi connectivity index (χ1) is 13.9. The van der Waals surface area contributed by atoms with E-state index in [2.05, 4.69) is 22.2 Å². The van der Waals surface area contributed by atoms with Crippen LogP contribution in [0.4, 0.5) is 0 Å². The molecular weight excluding hydrogens is 408 g/mol. The van der Waals surface area contributed by atoms with Crippen LogP contribution in [0.3, 0.4) is 0 Å². The molecule has 0 amide bonds. The monoisotopic (exact) mass is 438 g/mol. The van der Waals surface area contributed by atoms with Gasteiger partial charge in [0.25, 0.3) is 0 Å². The number of sulfonamides is 1. The van der Waals surface area contributed by atoms with Crippen LogP contribution >= 0.6 is 11.6 Å². The summed E-state index contributed by atoms with van der Waals surface area (Å²) in [5.41, 5.74) is 1.98. The maximum Gasteiger partial charge on any atom is 0.211 e. The number of nitrogens with one attached hydrogen (secondary N) is 3. The first-order valence-corrected chi connectivity index (χ1v) is 12.5. The molecule has 1 heterocycles. The third-order valence-electron chi connectivity index (χ3n) is 6.03. The highest BCUT2D eigenvalue weighted by atomic mass is 35.5. The number of benzene rings is 1. The van der Waals surface area contributed by atoms with Crippen LogP contribution in [0.2, 0.25) is 5.02 Å². The number of nitrogens with zero attached hydrogens (tertiary/aromatic N) is 1. The molecule has 0 bridgehead atoms. The van der Waals surface area contributed by atoms with Gasteiger partial charge in [0.15, 0.2) is 0 Å². The van der Waals surface area contributed by atoms with Crippen molar-refractivity contribution in [1.82, 2.24) is 10.0 Å². The molecule has 1 spiro atoms. The van der Waals surface area contributed by atoms with Gasteiger partial charge in [0.05, 0.1) is 17.8 Å². The molecule has 3 atom stereocenters. The molecule has 2 fully saturated rings. The summed E-state index contributed by atoms with van der Waals surface area (Å²) < 4.78 is 26.4. The fourth-order valence-electron chi connectivity index (χ4n) is 4.82. The van der Waals surface area contributed by atoms with Crippen LogP contribution in [-0.2, 0) is 10.0 Å². The molecule has 3 unspecified atom stereocenters. The molecule has 1 saturated carbocycles. The zero-order chi connectivity index (χ0) is 20.9. The average molecular weight is 439 g/mol. The summed E-state index contributed by atoms with van der Waals surface area (Å²) in [6.07, 6.45) is 6.06. The van der Waals surface area contributed by atoms with Crippen molar-refractivity contribution in [1.29, 1.82) is 5.41 Å². The van der Waals surface area contributed by atoms with E-state index in [-0.39, 0.29) is 29.7 Å². The van der Waals surface area contributed by atoms with Gasteiger partial charge in [-0.2, -0.15) is 0 Å². The lowest BCUT2D eigenvalue weighted by Crippen LogP contribution is -2.60. The standard InChI is InChI=1S/C21H31ClN4O2S/c1-2-14-29(27,28)26-13-12-24-20-17(15-23)9-11-25-21(20)10-3-4-19(21)16-5-7-18(22)8-6-16/h5-8,15,17,19,23,25-26H,2-4,9-14H2,1H3. The Morgan fingerprint density at radius 2 is 2.10 bits per heavy atom. The van der Waals surface area contributed by atoms with E-state index in [1.165, 1.54) is 11.8 Å². The number of hydrogen-bond donors (Lipinski definition) is 3. The minimum atomic E-state index is -3.23. The van der Waals surface area contributed by atoms with Gasteiger partial charge >= 0.3 is 0 Å². The Balaban J connectivity index is 1.84. The van der Waals surface area contributed by atoms with Crippen LogP contribution in [0.25, 0.3) is 0 Å². The SMILES string of the molecule is CCCS(=O)(=O)NCCN=C1C(C=N)CCNC12CCCC2c1ccc(Cl)cc1. The van der Waals surface area contributed by atoms with Crippen molar-refractivity contribution in [2.45, 2.75) is 50.5 Å². The zero-order valence-corrected chi connectivity index (χ0v) is 18.5. The maximum absolute atomic E-state index is 11.9. The third-order valence-corrected chi connectivity index (χ3v) is 7.87. The molecule has 0 aromatic heterocycles. The fraction of sp³-hybridized carbons (Fsp3) is 0.619. The van der Waals surface area contributed by atoms with Crippen LogP contribution in [0.5, 0.6) is 0 Å². The molecule has 3 N–H and O–H groups in total. The second-order valence-electron chi connectivity index (χ2n) is 7.94. The third kappa shape index (κ3) is 5.08. The largest absolute Gasteiger partial charge is 0.312 e. The van der Waals surface area contributed by atoms with Gasteiger partial charge in [0.1, 0.15) is 0 Å².